The van der Waals surface area contributed by atoms with Gasteiger partial charge < -0.3 is 5.73 Å². The van der Waals surface area contributed by atoms with E-state index in [0.717, 1.165) is 16.2 Å². The van der Waals surface area contributed by atoms with Crippen LogP contribution in [0.2, 0.25) is 0 Å². The molecule has 0 heterocycles. The molecule has 0 unspecified atom stereocenters. The molecule has 2 aromatic rings. The first-order valence-corrected chi connectivity index (χ1v) is 8.97. The Labute approximate surface area is 124 Å². The second-order valence-corrected chi connectivity index (χ2v) is 7.69. The van der Waals surface area contributed by atoms with Gasteiger partial charge in [0.2, 0.25) is 0 Å². The van der Waals surface area contributed by atoms with Crippen molar-refractivity contribution >= 4 is 21.6 Å². The molecule has 0 aliphatic heterocycles. The van der Waals surface area contributed by atoms with Gasteiger partial charge in [-0.15, -0.1) is 0 Å². The van der Waals surface area contributed by atoms with Gasteiger partial charge in [-0.25, -0.2) is 8.42 Å². The molecule has 106 valence electrons. The number of benzene rings is 2. The summed E-state index contributed by atoms with van der Waals surface area (Å²) in [6.07, 6.45) is 2.10. The molecule has 0 radical (unpaired) electrons. The van der Waals surface area contributed by atoms with Crippen LogP contribution >= 0.6 is 11.8 Å². The van der Waals surface area contributed by atoms with Crippen molar-refractivity contribution in [3.05, 3.63) is 54.1 Å². The lowest BCUT2D eigenvalue weighted by Gasteiger charge is -2.04. The minimum absolute atomic E-state index is 0.347. The summed E-state index contributed by atoms with van der Waals surface area (Å²) in [4.78, 5) is 2.49. The Hall–Kier alpha value is -1.30. The lowest BCUT2D eigenvalue weighted by Crippen LogP contribution is -2.02. The van der Waals surface area contributed by atoms with Crippen molar-refractivity contribution in [2.45, 2.75) is 21.1 Å². The molecule has 0 saturated heterocycles. The Balaban J connectivity index is 2.10. The molecule has 2 N–H and O–H groups in total. The molecule has 0 fully saturated rings. The summed E-state index contributed by atoms with van der Waals surface area (Å²) in [5, 5.41) is 0. The maximum Gasteiger partial charge on any atom is 0.175 e. The van der Waals surface area contributed by atoms with Crippen LogP contribution in [0.1, 0.15) is 5.56 Å². The lowest BCUT2D eigenvalue weighted by atomic mass is 10.2. The van der Waals surface area contributed by atoms with Crippen molar-refractivity contribution in [2.24, 2.45) is 5.73 Å². The molecule has 2 aromatic carbocycles. The zero-order chi connectivity index (χ0) is 14.6. The minimum Gasteiger partial charge on any atom is -0.330 e. The second kappa shape index (κ2) is 6.43. The average Bonchev–Trinajstić information content (AvgIpc) is 2.41. The Morgan fingerprint density at radius 3 is 1.90 bits per heavy atom. The molecular formula is C15H17NO2S2. The van der Waals surface area contributed by atoms with E-state index in [-0.39, 0.29) is 0 Å². The Morgan fingerprint density at radius 1 is 0.950 bits per heavy atom. The van der Waals surface area contributed by atoms with Gasteiger partial charge in [-0.2, -0.15) is 0 Å². The monoisotopic (exact) mass is 307 g/mol. The summed E-state index contributed by atoms with van der Waals surface area (Å²) in [5.74, 6) is 0. The fourth-order valence-corrected chi connectivity index (χ4v) is 3.23. The normalized spacial score (nSPS) is 11.5. The van der Waals surface area contributed by atoms with Crippen LogP contribution in [0.15, 0.2) is 63.2 Å². The van der Waals surface area contributed by atoms with Gasteiger partial charge in [0.15, 0.2) is 9.84 Å². The molecule has 0 spiro atoms. The van der Waals surface area contributed by atoms with Crippen LogP contribution in [0.3, 0.4) is 0 Å². The van der Waals surface area contributed by atoms with Gasteiger partial charge in [-0.1, -0.05) is 23.9 Å². The lowest BCUT2D eigenvalue weighted by molar-refractivity contribution is 0.602. The molecule has 2 rings (SSSR count). The molecule has 5 heteroatoms. The highest BCUT2D eigenvalue weighted by Crippen LogP contribution is 2.28. The van der Waals surface area contributed by atoms with E-state index in [9.17, 15) is 8.42 Å². The molecule has 0 amide bonds. The summed E-state index contributed by atoms with van der Waals surface area (Å²) in [7, 11) is -3.13. The van der Waals surface area contributed by atoms with E-state index in [2.05, 4.69) is 24.3 Å². The topological polar surface area (TPSA) is 60.2 Å². The van der Waals surface area contributed by atoms with E-state index in [1.807, 2.05) is 12.1 Å². The molecule has 0 atom stereocenters. The van der Waals surface area contributed by atoms with Gasteiger partial charge >= 0.3 is 0 Å². The first-order valence-electron chi connectivity index (χ1n) is 6.26. The van der Waals surface area contributed by atoms with Gasteiger partial charge in [0.25, 0.3) is 0 Å². The summed E-state index contributed by atoms with van der Waals surface area (Å²) in [6.45, 7) is 0.652. The number of sulfone groups is 1. The summed E-state index contributed by atoms with van der Waals surface area (Å²) in [6, 6.07) is 15.2. The van der Waals surface area contributed by atoms with Gasteiger partial charge in [0.1, 0.15) is 0 Å². The van der Waals surface area contributed by atoms with E-state index in [1.165, 1.54) is 11.8 Å². The molecule has 0 aliphatic carbocycles. The van der Waals surface area contributed by atoms with Crippen molar-refractivity contribution < 1.29 is 8.42 Å². The summed E-state index contributed by atoms with van der Waals surface area (Å²) in [5.41, 5.74) is 6.74. The number of hydrogen-bond donors (Lipinski definition) is 1. The summed E-state index contributed by atoms with van der Waals surface area (Å²) >= 11 is 1.61. The van der Waals surface area contributed by atoms with Gasteiger partial charge in [-0.3, -0.25) is 0 Å². The van der Waals surface area contributed by atoms with Crippen LogP contribution in [0.4, 0.5) is 0 Å². The number of nitrogens with two attached hydrogens (primary N) is 1. The molecule has 0 bridgehead atoms. The van der Waals surface area contributed by atoms with Crippen molar-refractivity contribution in [1.82, 2.24) is 0 Å². The molecular weight excluding hydrogens is 290 g/mol. The van der Waals surface area contributed by atoms with Crippen molar-refractivity contribution in [3.63, 3.8) is 0 Å². The van der Waals surface area contributed by atoms with E-state index in [1.54, 1.807) is 23.9 Å². The quantitative estimate of drug-likeness (QED) is 0.922. The first-order chi connectivity index (χ1) is 9.49. The van der Waals surface area contributed by atoms with Gasteiger partial charge in [-0.05, 0) is 54.9 Å². The smallest absolute Gasteiger partial charge is 0.175 e. The zero-order valence-electron chi connectivity index (χ0n) is 11.2. The van der Waals surface area contributed by atoms with E-state index < -0.39 is 9.84 Å². The Bertz CT molecular complexity index is 662. The van der Waals surface area contributed by atoms with Crippen molar-refractivity contribution in [1.29, 1.82) is 0 Å². The highest BCUT2D eigenvalue weighted by atomic mass is 32.2. The van der Waals surface area contributed by atoms with Crippen LogP contribution in [0.25, 0.3) is 0 Å². The predicted molar refractivity (Wildman–Crippen MR) is 82.9 cm³/mol. The van der Waals surface area contributed by atoms with E-state index in [0.29, 0.717) is 11.4 Å². The second-order valence-electron chi connectivity index (χ2n) is 4.53. The van der Waals surface area contributed by atoms with Crippen LogP contribution in [0.5, 0.6) is 0 Å². The summed E-state index contributed by atoms with van der Waals surface area (Å²) < 4.78 is 22.8. The number of hydrogen-bond acceptors (Lipinski definition) is 4. The largest absolute Gasteiger partial charge is 0.330 e. The van der Waals surface area contributed by atoms with E-state index in [4.69, 9.17) is 5.73 Å². The van der Waals surface area contributed by atoms with Crippen LogP contribution < -0.4 is 5.73 Å². The van der Waals surface area contributed by atoms with Crippen LogP contribution in [-0.2, 0) is 16.3 Å². The van der Waals surface area contributed by atoms with Crippen LogP contribution in [-0.4, -0.2) is 21.2 Å². The third kappa shape index (κ3) is 4.10. The third-order valence-electron chi connectivity index (χ3n) is 2.84. The maximum atomic E-state index is 11.4. The molecule has 0 saturated carbocycles. The Morgan fingerprint density at radius 2 is 1.45 bits per heavy atom. The molecule has 3 nitrogen and oxygen atoms in total. The highest BCUT2D eigenvalue weighted by molar-refractivity contribution is 7.99. The van der Waals surface area contributed by atoms with Crippen molar-refractivity contribution in [3.8, 4) is 0 Å². The SMILES string of the molecule is CS(=O)(=O)c1ccc(Sc2ccc(CCN)cc2)cc1. The fraction of sp³-hybridized carbons (Fsp3) is 0.200. The van der Waals surface area contributed by atoms with Crippen LogP contribution in [0, 0.1) is 0 Å². The predicted octanol–water partition coefficient (Wildman–Crippen LogP) is 2.74. The maximum absolute atomic E-state index is 11.4. The minimum atomic E-state index is -3.13. The highest BCUT2D eigenvalue weighted by Gasteiger charge is 2.06. The molecule has 0 aliphatic rings. The number of rotatable bonds is 5. The van der Waals surface area contributed by atoms with E-state index >= 15 is 0 Å². The standard InChI is InChI=1S/C15H17NO2S2/c1-20(17,18)15-8-6-14(7-9-15)19-13-4-2-12(3-5-13)10-11-16/h2-9H,10-11,16H2,1H3. The first kappa shape index (κ1) is 15.1. The van der Waals surface area contributed by atoms with Gasteiger partial charge in [0, 0.05) is 16.0 Å². The third-order valence-corrected chi connectivity index (χ3v) is 4.99. The fourth-order valence-electron chi connectivity index (χ4n) is 1.78. The molecule has 0 aromatic heterocycles. The Kier molecular flexibility index (Phi) is 4.86. The van der Waals surface area contributed by atoms with Crippen molar-refractivity contribution in [2.75, 3.05) is 12.8 Å². The average molecular weight is 307 g/mol. The van der Waals surface area contributed by atoms with Gasteiger partial charge in [0.05, 0.1) is 4.90 Å². The zero-order valence-corrected chi connectivity index (χ0v) is 12.9. The molecule has 20 heavy (non-hydrogen) atoms.